The zero-order valence-corrected chi connectivity index (χ0v) is 9.67. The molecule has 0 aliphatic carbocycles. The molecule has 4 heteroatoms. The molecule has 1 aromatic carbocycles. The molecule has 2 N–H and O–H groups in total. The van der Waals surface area contributed by atoms with Gasteiger partial charge in [0.05, 0.1) is 5.56 Å². The van der Waals surface area contributed by atoms with E-state index in [1.165, 1.54) is 18.9 Å². The van der Waals surface area contributed by atoms with Gasteiger partial charge in [-0.2, -0.15) is 5.26 Å². The predicted octanol–water partition coefficient (Wildman–Crippen LogP) is 2.11. The summed E-state index contributed by atoms with van der Waals surface area (Å²) in [5, 5.41) is 15.3. The fourth-order valence-electron chi connectivity index (χ4n) is 2.07. The second-order valence-electron chi connectivity index (χ2n) is 4.38. The molecule has 0 radical (unpaired) electrons. The van der Waals surface area contributed by atoms with Gasteiger partial charge < -0.3 is 10.6 Å². The fourth-order valence-corrected chi connectivity index (χ4v) is 2.07. The third-order valence-corrected chi connectivity index (χ3v) is 3.14. The Labute approximate surface area is 101 Å². The maximum atomic E-state index is 13.1. The monoisotopic (exact) mass is 233 g/mol. The van der Waals surface area contributed by atoms with E-state index in [0.29, 0.717) is 5.92 Å². The Morgan fingerprint density at radius 2 is 2.18 bits per heavy atom. The Balaban J connectivity index is 1.92. The number of nitriles is 1. The summed E-state index contributed by atoms with van der Waals surface area (Å²) < 4.78 is 13.1. The lowest BCUT2D eigenvalue weighted by molar-refractivity contribution is 0.390. The van der Waals surface area contributed by atoms with Crippen molar-refractivity contribution >= 4 is 5.69 Å². The summed E-state index contributed by atoms with van der Waals surface area (Å²) in [6.45, 7) is 3.02. The summed E-state index contributed by atoms with van der Waals surface area (Å²) in [5.41, 5.74) is 0.918. The molecule has 0 atom stereocenters. The maximum Gasteiger partial charge on any atom is 0.141 e. The van der Waals surface area contributed by atoms with Crippen LogP contribution in [0.15, 0.2) is 18.2 Å². The number of nitrogens with one attached hydrogen (secondary N) is 2. The smallest absolute Gasteiger partial charge is 0.141 e. The van der Waals surface area contributed by atoms with E-state index in [1.54, 1.807) is 12.1 Å². The second kappa shape index (κ2) is 5.65. The molecule has 17 heavy (non-hydrogen) atoms. The van der Waals surface area contributed by atoms with Gasteiger partial charge in [-0.25, -0.2) is 4.39 Å². The quantitative estimate of drug-likeness (QED) is 0.840. The lowest BCUT2D eigenvalue weighted by atomic mass is 9.98. The van der Waals surface area contributed by atoms with Crippen molar-refractivity contribution < 1.29 is 4.39 Å². The summed E-state index contributed by atoms with van der Waals surface area (Å²) >= 11 is 0. The van der Waals surface area contributed by atoms with E-state index in [2.05, 4.69) is 10.6 Å². The van der Waals surface area contributed by atoms with Gasteiger partial charge in [0.25, 0.3) is 0 Å². The van der Waals surface area contributed by atoms with Gasteiger partial charge in [-0.15, -0.1) is 0 Å². The highest BCUT2D eigenvalue weighted by Crippen LogP contribution is 2.16. The Morgan fingerprint density at radius 1 is 1.41 bits per heavy atom. The van der Waals surface area contributed by atoms with Crippen LogP contribution >= 0.6 is 0 Å². The lowest BCUT2D eigenvalue weighted by Gasteiger charge is -2.23. The van der Waals surface area contributed by atoms with Gasteiger partial charge in [-0.3, -0.25) is 0 Å². The van der Waals surface area contributed by atoms with Gasteiger partial charge in [0, 0.05) is 12.2 Å². The van der Waals surface area contributed by atoms with E-state index < -0.39 is 5.82 Å². The number of hydrogen-bond donors (Lipinski definition) is 2. The molecule has 1 aliphatic rings. The molecular weight excluding hydrogens is 217 g/mol. The van der Waals surface area contributed by atoms with Crippen LogP contribution in [0, 0.1) is 23.1 Å². The number of piperidine rings is 1. The minimum Gasteiger partial charge on any atom is -0.385 e. The van der Waals surface area contributed by atoms with Crippen LogP contribution in [0.3, 0.4) is 0 Å². The molecular formula is C13H16FN3. The molecule has 2 rings (SSSR count). The van der Waals surface area contributed by atoms with E-state index >= 15 is 0 Å². The first-order valence-electron chi connectivity index (χ1n) is 5.94. The van der Waals surface area contributed by atoms with E-state index in [4.69, 9.17) is 5.26 Å². The van der Waals surface area contributed by atoms with Crippen LogP contribution in [0.25, 0.3) is 0 Å². The molecule has 0 amide bonds. The van der Waals surface area contributed by atoms with Crippen molar-refractivity contribution in [1.82, 2.24) is 5.32 Å². The van der Waals surface area contributed by atoms with Gasteiger partial charge >= 0.3 is 0 Å². The molecule has 0 spiro atoms. The van der Waals surface area contributed by atoms with Crippen molar-refractivity contribution in [1.29, 1.82) is 5.26 Å². The highest BCUT2D eigenvalue weighted by Gasteiger charge is 2.12. The summed E-state index contributed by atoms with van der Waals surface area (Å²) in [6, 6.07) is 6.43. The number of halogens is 1. The molecule has 1 fully saturated rings. The molecule has 1 saturated heterocycles. The first-order chi connectivity index (χ1) is 8.29. The lowest BCUT2D eigenvalue weighted by Crippen LogP contribution is -2.31. The first-order valence-corrected chi connectivity index (χ1v) is 5.94. The minimum atomic E-state index is -0.458. The highest BCUT2D eigenvalue weighted by atomic mass is 19.1. The van der Waals surface area contributed by atoms with Gasteiger partial charge in [-0.05, 0) is 50.0 Å². The Kier molecular flexibility index (Phi) is 3.94. The van der Waals surface area contributed by atoms with Crippen LogP contribution in [-0.2, 0) is 0 Å². The van der Waals surface area contributed by atoms with Crippen LogP contribution < -0.4 is 10.6 Å². The van der Waals surface area contributed by atoms with Gasteiger partial charge in [0.1, 0.15) is 11.9 Å². The van der Waals surface area contributed by atoms with Crippen molar-refractivity contribution in [2.45, 2.75) is 12.8 Å². The zero-order valence-electron chi connectivity index (χ0n) is 9.67. The molecule has 1 aliphatic heterocycles. The summed E-state index contributed by atoms with van der Waals surface area (Å²) in [5.74, 6) is 0.201. The molecule has 1 aromatic rings. The number of anilines is 1. The van der Waals surface area contributed by atoms with Crippen LogP contribution in [0.2, 0.25) is 0 Å². The zero-order chi connectivity index (χ0) is 12.1. The van der Waals surface area contributed by atoms with Crippen molar-refractivity contribution in [3.63, 3.8) is 0 Å². The van der Waals surface area contributed by atoms with Crippen LogP contribution in [0.1, 0.15) is 18.4 Å². The molecule has 0 unspecified atom stereocenters. The Morgan fingerprint density at radius 3 is 2.88 bits per heavy atom. The standard InChI is InChI=1S/C13H16FN3/c14-13-2-1-12(7-11(13)8-15)17-9-10-3-5-16-6-4-10/h1-2,7,10,16-17H,3-6,9H2. The van der Waals surface area contributed by atoms with Gasteiger partial charge in [-0.1, -0.05) is 0 Å². The molecule has 0 aromatic heterocycles. The van der Waals surface area contributed by atoms with E-state index in [-0.39, 0.29) is 5.56 Å². The predicted molar refractivity (Wildman–Crippen MR) is 65.2 cm³/mol. The van der Waals surface area contributed by atoms with E-state index in [9.17, 15) is 4.39 Å². The summed E-state index contributed by atoms with van der Waals surface area (Å²) in [4.78, 5) is 0. The van der Waals surface area contributed by atoms with Gasteiger partial charge in [0.15, 0.2) is 0 Å². The summed E-state index contributed by atoms with van der Waals surface area (Å²) in [6.07, 6.45) is 2.33. The van der Waals surface area contributed by atoms with E-state index in [0.717, 1.165) is 25.3 Å². The normalized spacial score (nSPS) is 16.5. The average molecular weight is 233 g/mol. The van der Waals surface area contributed by atoms with Crippen molar-refractivity contribution in [3.05, 3.63) is 29.6 Å². The van der Waals surface area contributed by atoms with Gasteiger partial charge in [0.2, 0.25) is 0 Å². The summed E-state index contributed by atoms with van der Waals surface area (Å²) in [7, 11) is 0. The highest BCUT2D eigenvalue weighted by molar-refractivity contribution is 5.49. The second-order valence-corrected chi connectivity index (χ2v) is 4.38. The van der Waals surface area contributed by atoms with Crippen LogP contribution in [0.5, 0.6) is 0 Å². The van der Waals surface area contributed by atoms with Crippen LogP contribution in [0.4, 0.5) is 10.1 Å². The van der Waals surface area contributed by atoms with Crippen molar-refractivity contribution in [2.24, 2.45) is 5.92 Å². The largest absolute Gasteiger partial charge is 0.385 e. The Hall–Kier alpha value is -1.60. The molecule has 0 bridgehead atoms. The molecule has 3 nitrogen and oxygen atoms in total. The number of benzene rings is 1. The minimum absolute atomic E-state index is 0.0975. The third kappa shape index (κ3) is 3.18. The maximum absolute atomic E-state index is 13.1. The molecule has 90 valence electrons. The fraction of sp³-hybridized carbons (Fsp3) is 0.462. The SMILES string of the molecule is N#Cc1cc(NCC2CCNCC2)ccc1F. The van der Waals surface area contributed by atoms with Crippen LogP contribution in [-0.4, -0.2) is 19.6 Å². The van der Waals surface area contributed by atoms with E-state index in [1.807, 2.05) is 6.07 Å². The average Bonchev–Trinajstić information content (AvgIpc) is 2.39. The first kappa shape index (κ1) is 11.9. The third-order valence-electron chi connectivity index (χ3n) is 3.14. The molecule has 0 saturated carbocycles. The number of nitrogens with zero attached hydrogens (tertiary/aromatic N) is 1. The Bertz CT molecular complexity index is 419. The number of rotatable bonds is 3. The van der Waals surface area contributed by atoms with Crippen molar-refractivity contribution in [3.8, 4) is 6.07 Å². The van der Waals surface area contributed by atoms with Crippen molar-refractivity contribution in [2.75, 3.05) is 25.0 Å². The molecule has 1 heterocycles. The topological polar surface area (TPSA) is 47.9 Å². The number of hydrogen-bond acceptors (Lipinski definition) is 3.